The van der Waals surface area contributed by atoms with Gasteiger partial charge in [-0.1, -0.05) is 53.7 Å². The zero-order valence-electron chi connectivity index (χ0n) is 13.4. The van der Waals surface area contributed by atoms with Crippen LogP contribution in [0.15, 0.2) is 58.2 Å². The van der Waals surface area contributed by atoms with E-state index in [4.69, 9.17) is 20.8 Å². The predicted molar refractivity (Wildman–Crippen MR) is 95.8 cm³/mol. The standard InChI is InChI=1S/C18H17ClN2O2S/c1-12(15-5-3-4-6-16(15)19)24-18-21-20-17(23-18)11-13-7-9-14(22-2)10-8-13/h3-10,12H,11H2,1-2H3. The number of methoxy groups -OCH3 is 1. The number of hydrogen-bond acceptors (Lipinski definition) is 5. The molecule has 0 aliphatic heterocycles. The maximum atomic E-state index is 6.23. The molecule has 0 aliphatic rings. The first-order valence-electron chi connectivity index (χ1n) is 7.52. The van der Waals surface area contributed by atoms with Crippen LogP contribution in [0.4, 0.5) is 0 Å². The van der Waals surface area contributed by atoms with Crippen LogP contribution in [-0.4, -0.2) is 17.3 Å². The van der Waals surface area contributed by atoms with E-state index in [-0.39, 0.29) is 5.25 Å². The molecule has 6 heteroatoms. The van der Waals surface area contributed by atoms with E-state index in [1.54, 1.807) is 7.11 Å². The monoisotopic (exact) mass is 360 g/mol. The summed E-state index contributed by atoms with van der Waals surface area (Å²) in [5.74, 6) is 1.42. The van der Waals surface area contributed by atoms with E-state index in [1.807, 2.05) is 48.5 Å². The van der Waals surface area contributed by atoms with Gasteiger partial charge in [-0.2, -0.15) is 0 Å². The second-order valence-electron chi connectivity index (χ2n) is 5.27. The smallest absolute Gasteiger partial charge is 0.277 e. The molecule has 1 unspecified atom stereocenters. The molecule has 0 fully saturated rings. The van der Waals surface area contributed by atoms with Crippen molar-refractivity contribution < 1.29 is 9.15 Å². The normalized spacial score (nSPS) is 12.1. The second-order valence-corrected chi connectivity index (χ2v) is 6.97. The van der Waals surface area contributed by atoms with E-state index in [9.17, 15) is 0 Å². The average molecular weight is 361 g/mol. The Kier molecular flexibility index (Phi) is 5.43. The van der Waals surface area contributed by atoms with Crippen molar-refractivity contribution in [3.05, 3.63) is 70.6 Å². The molecule has 124 valence electrons. The molecule has 0 radical (unpaired) electrons. The van der Waals surface area contributed by atoms with Gasteiger partial charge in [0.15, 0.2) is 0 Å². The lowest BCUT2D eigenvalue weighted by atomic mass is 10.1. The van der Waals surface area contributed by atoms with Gasteiger partial charge in [0, 0.05) is 10.3 Å². The maximum absolute atomic E-state index is 6.23. The van der Waals surface area contributed by atoms with Gasteiger partial charge in [-0.25, -0.2) is 0 Å². The topological polar surface area (TPSA) is 48.2 Å². The molecule has 0 spiro atoms. The largest absolute Gasteiger partial charge is 0.497 e. The van der Waals surface area contributed by atoms with Crippen LogP contribution in [0.5, 0.6) is 5.75 Å². The van der Waals surface area contributed by atoms with Gasteiger partial charge in [-0.3, -0.25) is 0 Å². The lowest BCUT2D eigenvalue weighted by Gasteiger charge is -2.10. The first kappa shape index (κ1) is 16.9. The van der Waals surface area contributed by atoms with Crippen molar-refractivity contribution in [1.29, 1.82) is 0 Å². The first-order valence-corrected chi connectivity index (χ1v) is 8.78. The molecule has 0 N–H and O–H groups in total. The summed E-state index contributed by atoms with van der Waals surface area (Å²) in [6.07, 6.45) is 0.595. The van der Waals surface area contributed by atoms with E-state index in [2.05, 4.69) is 17.1 Å². The summed E-state index contributed by atoms with van der Waals surface area (Å²) in [5, 5.41) is 9.67. The minimum absolute atomic E-state index is 0.132. The number of benzene rings is 2. The molecule has 0 saturated carbocycles. The van der Waals surface area contributed by atoms with Crippen LogP contribution < -0.4 is 4.74 Å². The molecule has 3 aromatic rings. The third kappa shape index (κ3) is 4.10. The van der Waals surface area contributed by atoms with Crippen molar-refractivity contribution >= 4 is 23.4 Å². The maximum Gasteiger partial charge on any atom is 0.277 e. The number of ether oxygens (including phenoxy) is 1. The minimum Gasteiger partial charge on any atom is -0.497 e. The van der Waals surface area contributed by atoms with Crippen molar-refractivity contribution in [3.8, 4) is 5.75 Å². The number of nitrogens with zero attached hydrogens (tertiary/aromatic N) is 2. The van der Waals surface area contributed by atoms with Gasteiger partial charge in [0.1, 0.15) is 5.75 Å². The Hall–Kier alpha value is -1.98. The Balaban J connectivity index is 1.65. The van der Waals surface area contributed by atoms with E-state index >= 15 is 0 Å². The highest BCUT2D eigenvalue weighted by Crippen LogP contribution is 2.37. The SMILES string of the molecule is COc1ccc(Cc2nnc(SC(C)c3ccccc3Cl)o2)cc1. The van der Waals surface area contributed by atoms with Crippen molar-refractivity contribution in [2.24, 2.45) is 0 Å². The fourth-order valence-electron chi connectivity index (χ4n) is 2.29. The summed E-state index contributed by atoms with van der Waals surface area (Å²) in [4.78, 5) is 0. The van der Waals surface area contributed by atoms with Gasteiger partial charge >= 0.3 is 0 Å². The predicted octanol–water partition coefficient (Wildman–Crippen LogP) is 5.18. The number of thioether (sulfide) groups is 1. The van der Waals surface area contributed by atoms with Crippen molar-refractivity contribution in [2.45, 2.75) is 23.8 Å². The van der Waals surface area contributed by atoms with Crippen LogP contribution in [0.25, 0.3) is 0 Å². The molecular weight excluding hydrogens is 344 g/mol. The van der Waals surface area contributed by atoms with Gasteiger partial charge in [-0.05, 0) is 36.2 Å². The molecule has 1 aromatic heterocycles. The Bertz CT molecular complexity index is 805. The van der Waals surface area contributed by atoms with Crippen LogP contribution in [0.3, 0.4) is 0 Å². The number of rotatable bonds is 6. The quantitative estimate of drug-likeness (QED) is 0.567. The molecule has 24 heavy (non-hydrogen) atoms. The van der Waals surface area contributed by atoms with Gasteiger partial charge in [0.05, 0.1) is 13.5 Å². The van der Waals surface area contributed by atoms with Crippen molar-refractivity contribution in [1.82, 2.24) is 10.2 Å². The van der Waals surface area contributed by atoms with Crippen LogP contribution in [-0.2, 0) is 6.42 Å². The zero-order valence-corrected chi connectivity index (χ0v) is 15.0. The minimum atomic E-state index is 0.132. The van der Waals surface area contributed by atoms with E-state index in [1.165, 1.54) is 11.8 Å². The number of aromatic nitrogens is 2. The van der Waals surface area contributed by atoms with Crippen molar-refractivity contribution in [3.63, 3.8) is 0 Å². The van der Waals surface area contributed by atoms with Crippen molar-refractivity contribution in [2.75, 3.05) is 7.11 Å². The molecule has 4 nitrogen and oxygen atoms in total. The first-order chi connectivity index (χ1) is 11.7. The van der Waals surface area contributed by atoms with Gasteiger partial charge < -0.3 is 9.15 Å². The summed E-state index contributed by atoms with van der Waals surface area (Å²) in [5.41, 5.74) is 2.15. The fraction of sp³-hybridized carbons (Fsp3) is 0.222. The Morgan fingerprint density at radius 2 is 1.88 bits per heavy atom. The van der Waals surface area contributed by atoms with Crippen LogP contribution in [0.2, 0.25) is 5.02 Å². The van der Waals surface area contributed by atoms with Gasteiger partial charge in [0.25, 0.3) is 5.22 Å². The van der Waals surface area contributed by atoms with E-state index < -0.39 is 0 Å². The molecule has 0 saturated heterocycles. The molecule has 0 aliphatic carbocycles. The van der Waals surface area contributed by atoms with Gasteiger partial charge in [-0.15, -0.1) is 10.2 Å². The Morgan fingerprint density at radius 3 is 2.58 bits per heavy atom. The second kappa shape index (κ2) is 7.73. The molecule has 0 amide bonds. The van der Waals surface area contributed by atoms with Crippen LogP contribution in [0.1, 0.15) is 29.2 Å². The van der Waals surface area contributed by atoms with Crippen LogP contribution in [0, 0.1) is 0 Å². The summed E-state index contributed by atoms with van der Waals surface area (Å²) < 4.78 is 10.9. The Morgan fingerprint density at radius 1 is 1.12 bits per heavy atom. The highest BCUT2D eigenvalue weighted by Gasteiger charge is 2.15. The van der Waals surface area contributed by atoms with E-state index in [0.717, 1.165) is 21.9 Å². The molecular formula is C18H17ClN2O2S. The molecule has 1 heterocycles. The molecule has 3 rings (SSSR count). The Labute approximate surface area is 150 Å². The molecule has 0 bridgehead atoms. The third-order valence-corrected chi connectivity index (χ3v) is 4.90. The lowest BCUT2D eigenvalue weighted by molar-refractivity contribution is 0.413. The van der Waals surface area contributed by atoms with Gasteiger partial charge in [0.2, 0.25) is 5.89 Å². The number of hydrogen-bond donors (Lipinski definition) is 0. The lowest BCUT2D eigenvalue weighted by Crippen LogP contribution is -1.89. The highest BCUT2D eigenvalue weighted by molar-refractivity contribution is 7.99. The number of halogens is 1. The summed E-state index contributed by atoms with van der Waals surface area (Å²) in [6.45, 7) is 2.07. The van der Waals surface area contributed by atoms with E-state index in [0.29, 0.717) is 17.5 Å². The fourth-order valence-corrected chi connectivity index (χ4v) is 3.53. The molecule has 1 atom stereocenters. The summed E-state index contributed by atoms with van der Waals surface area (Å²) in [6, 6.07) is 15.6. The highest BCUT2D eigenvalue weighted by atomic mass is 35.5. The zero-order chi connectivity index (χ0) is 16.9. The van der Waals surface area contributed by atoms with Crippen LogP contribution >= 0.6 is 23.4 Å². The average Bonchev–Trinajstić information content (AvgIpc) is 3.02. The molecule has 2 aromatic carbocycles. The third-order valence-electron chi connectivity index (χ3n) is 3.58. The summed E-state index contributed by atoms with van der Waals surface area (Å²) in [7, 11) is 1.65. The summed E-state index contributed by atoms with van der Waals surface area (Å²) >= 11 is 7.74.